The van der Waals surface area contributed by atoms with Gasteiger partial charge in [0.25, 0.3) is 0 Å². The van der Waals surface area contributed by atoms with E-state index in [0.717, 1.165) is 17.7 Å². The molecule has 1 aliphatic rings. The van der Waals surface area contributed by atoms with Crippen molar-refractivity contribution in [2.24, 2.45) is 0 Å². The summed E-state index contributed by atoms with van der Waals surface area (Å²) in [5.41, 5.74) is 1.07. The molecule has 0 saturated carbocycles. The van der Waals surface area contributed by atoms with Crippen LogP contribution in [0.2, 0.25) is 0 Å². The second-order valence-electron chi connectivity index (χ2n) is 6.95. The van der Waals surface area contributed by atoms with E-state index in [1.165, 1.54) is 0 Å². The fourth-order valence-electron chi connectivity index (χ4n) is 3.07. The Labute approximate surface area is 166 Å². The highest BCUT2D eigenvalue weighted by atomic mass is 32.2. The van der Waals surface area contributed by atoms with Gasteiger partial charge in [0, 0.05) is 25.7 Å². The van der Waals surface area contributed by atoms with Crippen LogP contribution in [-0.4, -0.2) is 59.8 Å². The number of ether oxygens (including phenoxy) is 1. The Kier molecular flexibility index (Phi) is 7.83. The summed E-state index contributed by atoms with van der Waals surface area (Å²) in [5, 5.41) is 2.81. The van der Waals surface area contributed by atoms with Crippen LogP contribution in [0.5, 0.6) is 5.75 Å². The first-order valence-electron chi connectivity index (χ1n) is 9.53. The molecule has 1 aliphatic heterocycles. The summed E-state index contributed by atoms with van der Waals surface area (Å²) in [6.45, 7) is 9.65. The molecule has 0 spiro atoms. The molecule has 7 heteroatoms. The minimum absolute atomic E-state index is 0.0360. The van der Waals surface area contributed by atoms with Gasteiger partial charge >= 0.3 is 6.03 Å². The van der Waals surface area contributed by atoms with Crippen LogP contribution in [0.3, 0.4) is 0 Å². The highest BCUT2D eigenvalue weighted by Crippen LogP contribution is 2.43. The molecule has 2 rings (SSSR count). The monoisotopic (exact) mass is 393 g/mol. The highest BCUT2D eigenvalue weighted by Gasteiger charge is 2.38. The summed E-state index contributed by atoms with van der Waals surface area (Å²) in [7, 11) is 1.64. The van der Waals surface area contributed by atoms with Gasteiger partial charge in [0.05, 0.1) is 12.4 Å². The van der Waals surface area contributed by atoms with Crippen LogP contribution in [0.15, 0.2) is 24.3 Å². The SMILES string of the molecule is CCCNC(=O)N(CCN1C(=O)[C@@H](C)S[C@H]1c1ccc(OC)cc1)C(C)C. The maximum absolute atomic E-state index is 12.7. The van der Waals surface area contributed by atoms with Gasteiger partial charge in [-0.3, -0.25) is 4.79 Å². The Bertz CT molecular complexity index is 636. The fourth-order valence-corrected chi connectivity index (χ4v) is 4.38. The first-order chi connectivity index (χ1) is 12.9. The molecule has 1 N–H and O–H groups in total. The van der Waals surface area contributed by atoms with Crippen molar-refractivity contribution >= 4 is 23.7 Å². The van der Waals surface area contributed by atoms with Crippen LogP contribution in [0, 0.1) is 0 Å². The van der Waals surface area contributed by atoms with Gasteiger partial charge in [-0.1, -0.05) is 19.1 Å². The van der Waals surface area contributed by atoms with Crippen LogP contribution < -0.4 is 10.1 Å². The van der Waals surface area contributed by atoms with Crippen LogP contribution in [0.1, 0.15) is 45.1 Å². The van der Waals surface area contributed by atoms with Crippen LogP contribution in [-0.2, 0) is 4.79 Å². The summed E-state index contributed by atoms with van der Waals surface area (Å²) >= 11 is 1.65. The van der Waals surface area contributed by atoms with E-state index in [1.807, 2.05) is 56.9 Å². The molecule has 1 aromatic rings. The minimum Gasteiger partial charge on any atom is -0.497 e. The van der Waals surface area contributed by atoms with E-state index in [2.05, 4.69) is 5.32 Å². The summed E-state index contributed by atoms with van der Waals surface area (Å²) in [4.78, 5) is 28.8. The lowest BCUT2D eigenvalue weighted by Gasteiger charge is -2.31. The van der Waals surface area contributed by atoms with E-state index in [4.69, 9.17) is 4.74 Å². The summed E-state index contributed by atoms with van der Waals surface area (Å²) in [5.74, 6) is 0.921. The number of urea groups is 1. The third-order valence-electron chi connectivity index (χ3n) is 4.64. The molecule has 27 heavy (non-hydrogen) atoms. The average molecular weight is 394 g/mol. The second kappa shape index (κ2) is 9.88. The van der Waals surface area contributed by atoms with Crippen molar-refractivity contribution in [3.63, 3.8) is 0 Å². The molecule has 3 amide bonds. The summed E-state index contributed by atoms with van der Waals surface area (Å²) in [6.07, 6.45) is 0.899. The smallest absolute Gasteiger partial charge is 0.317 e. The van der Waals surface area contributed by atoms with Crippen LogP contribution in [0.25, 0.3) is 0 Å². The third kappa shape index (κ3) is 5.31. The van der Waals surface area contributed by atoms with Gasteiger partial charge in [-0.2, -0.15) is 0 Å². The van der Waals surface area contributed by atoms with Crippen molar-refractivity contribution in [2.45, 2.75) is 50.8 Å². The van der Waals surface area contributed by atoms with Gasteiger partial charge < -0.3 is 19.9 Å². The van der Waals surface area contributed by atoms with Gasteiger partial charge in [-0.05, 0) is 44.9 Å². The van der Waals surface area contributed by atoms with Crippen molar-refractivity contribution in [3.05, 3.63) is 29.8 Å². The number of carbonyl (C=O) groups excluding carboxylic acids is 2. The number of hydrogen-bond donors (Lipinski definition) is 1. The lowest BCUT2D eigenvalue weighted by molar-refractivity contribution is -0.130. The largest absolute Gasteiger partial charge is 0.497 e. The van der Waals surface area contributed by atoms with E-state index in [0.29, 0.717) is 19.6 Å². The topological polar surface area (TPSA) is 61.9 Å². The first kappa shape index (κ1) is 21.4. The average Bonchev–Trinajstić information content (AvgIpc) is 2.94. The number of hydrogen-bond acceptors (Lipinski definition) is 4. The number of thioether (sulfide) groups is 1. The molecule has 1 fully saturated rings. The van der Waals surface area contributed by atoms with Crippen LogP contribution in [0.4, 0.5) is 4.79 Å². The van der Waals surface area contributed by atoms with E-state index in [9.17, 15) is 9.59 Å². The lowest BCUT2D eigenvalue weighted by Crippen LogP contribution is -2.48. The van der Waals surface area contributed by atoms with Crippen molar-refractivity contribution in [1.82, 2.24) is 15.1 Å². The van der Waals surface area contributed by atoms with Gasteiger partial charge in [0.2, 0.25) is 5.91 Å². The normalized spacial score (nSPS) is 19.5. The first-order valence-corrected chi connectivity index (χ1v) is 10.5. The predicted molar refractivity (Wildman–Crippen MR) is 110 cm³/mol. The maximum Gasteiger partial charge on any atom is 0.317 e. The molecule has 150 valence electrons. The molecule has 0 bridgehead atoms. The number of amides is 3. The maximum atomic E-state index is 12.7. The third-order valence-corrected chi connectivity index (χ3v) is 6.03. The van der Waals surface area contributed by atoms with Gasteiger partial charge in [-0.15, -0.1) is 11.8 Å². The van der Waals surface area contributed by atoms with Crippen LogP contribution >= 0.6 is 11.8 Å². The van der Waals surface area contributed by atoms with E-state index in [1.54, 1.807) is 23.8 Å². The zero-order chi connectivity index (χ0) is 20.0. The van der Waals surface area contributed by atoms with E-state index >= 15 is 0 Å². The molecule has 1 saturated heterocycles. The summed E-state index contributed by atoms with van der Waals surface area (Å²) < 4.78 is 5.23. The molecular weight excluding hydrogens is 362 g/mol. The van der Waals surface area contributed by atoms with E-state index < -0.39 is 0 Å². The molecule has 1 aromatic carbocycles. The molecule has 0 aromatic heterocycles. The predicted octanol–water partition coefficient (Wildman–Crippen LogP) is 3.49. The number of methoxy groups -OCH3 is 1. The fraction of sp³-hybridized carbons (Fsp3) is 0.600. The Balaban J connectivity index is 2.10. The number of nitrogens with one attached hydrogen (secondary N) is 1. The molecule has 1 heterocycles. The van der Waals surface area contributed by atoms with Gasteiger partial charge in [0.1, 0.15) is 11.1 Å². The zero-order valence-electron chi connectivity index (χ0n) is 16.9. The second-order valence-corrected chi connectivity index (χ2v) is 8.38. The molecule has 0 aliphatic carbocycles. The Morgan fingerprint density at radius 1 is 1.33 bits per heavy atom. The highest BCUT2D eigenvalue weighted by molar-refractivity contribution is 8.01. The van der Waals surface area contributed by atoms with Crippen molar-refractivity contribution in [3.8, 4) is 5.75 Å². The van der Waals surface area contributed by atoms with Gasteiger partial charge in [0.15, 0.2) is 0 Å². The molecule has 2 atom stereocenters. The molecule has 0 radical (unpaired) electrons. The molecule has 0 unspecified atom stereocenters. The molecular formula is C20H31N3O3S. The quantitative estimate of drug-likeness (QED) is 0.734. The standard InChI is InChI=1S/C20H31N3O3S/c1-6-11-21-20(25)22(14(2)3)12-13-23-18(24)15(4)27-19(23)16-7-9-17(26-5)10-8-16/h7-10,14-15,19H,6,11-13H2,1-5H3,(H,21,25)/t15-,19+/m1/s1. The zero-order valence-corrected chi connectivity index (χ0v) is 17.7. The molecule has 6 nitrogen and oxygen atoms in total. The number of rotatable bonds is 8. The van der Waals surface area contributed by atoms with E-state index in [-0.39, 0.29) is 28.6 Å². The number of benzene rings is 1. The minimum atomic E-state index is -0.0847. The van der Waals surface area contributed by atoms with Crippen molar-refractivity contribution in [2.75, 3.05) is 26.7 Å². The Morgan fingerprint density at radius 2 is 2.00 bits per heavy atom. The summed E-state index contributed by atoms with van der Waals surface area (Å²) in [6, 6.07) is 7.84. The number of nitrogens with zero attached hydrogens (tertiary/aromatic N) is 2. The van der Waals surface area contributed by atoms with Crippen molar-refractivity contribution < 1.29 is 14.3 Å². The van der Waals surface area contributed by atoms with Crippen molar-refractivity contribution in [1.29, 1.82) is 0 Å². The number of carbonyl (C=O) groups is 2. The Morgan fingerprint density at radius 3 is 2.56 bits per heavy atom. The Hall–Kier alpha value is -1.89. The van der Waals surface area contributed by atoms with Gasteiger partial charge in [-0.25, -0.2) is 4.79 Å². The lowest BCUT2D eigenvalue weighted by atomic mass is 10.2.